The summed E-state index contributed by atoms with van der Waals surface area (Å²) < 4.78 is 5.88. The van der Waals surface area contributed by atoms with Crippen LogP contribution in [0.4, 0.5) is 0 Å². The molecule has 0 spiro atoms. The fourth-order valence-electron chi connectivity index (χ4n) is 4.53. The molecule has 2 aromatic carbocycles. The van der Waals surface area contributed by atoms with E-state index in [2.05, 4.69) is 0 Å². The van der Waals surface area contributed by atoms with Crippen molar-refractivity contribution in [3.63, 3.8) is 0 Å². The van der Waals surface area contributed by atoms with Crippen molar-refractivity contribution in [1.29, 1.82) is 0 Å². The first-order valence-electron chi connectivity index (χ1n) is 9.65. The molecule has 3 nitrogen and oxygen atoms in total. The third kappa shape index (κ3) is 3.12. The van der Waals surface area contributed by atoms with Crippen LogP contribution >= 0.6 is 0 Å². The number of fused-ring (bicyclic) bond motifs is 1. The number of ketones is 2. The summed E-state index contributed by atoms with van der Waals surface area (Å²) in [7, 11) is 0. The van der Waals surface area contributed by atoms with Gasteiger partial charge in [-0.05, 0) is 60.6 Å². The van der Waals surface area contributed by atoms with Crippen molar-refractivity contribution < 1.29 is 14.3 Å². The molecular weight excluding hydrogens is 336 g/mol. The molecule has 27 heavy (non-hydrogen) atoms. The molecule has 4 rings (SSSR count). The number of hydrogen-bond acceptors (Lipinski definition) is 3. The Hall–Kier alpha value is -2.68. The molecular formula is C24H24O3. The predicted octanol–water partition coefficient (Wildman–Crippen LogP) is 4.94. The fraction of sp³-hybridized carbons (Fsp3) is 0.333. The van der Waals surface area contributed by atoms with Gasteiger partial charge in [-0.1, -0.05) is 42.5 Å². The second-order valence-corrected chi connectivity index (χ2v) is 7.51. The van der Waals surface area contributed by atoms with Crippen molar-refractivity contribution in [2.45, 2.75) is 51.0 Å². The number of allylic oxidation sites excluding steroid dienone is 2. The smallest absolute Gasteiger partial charge is 0.158 e. The number of rotatable bonds is 4. The van der Waals surface area contributed by atoms with Crippen LogP contribution < -0.4 is 4.74 Å². The first-order valence-corrected chi connectivity index (χ1v) is 9.65. The van der Waals surface area contributed by atoms with Gasteiger partial charge >= 0.3 is 0 Å². The van der Waals surface area contributed by atoms with Crippen LogP contribution in [0.5, 0.6) is 5.75 Å². The Labute approximate surface area is 160 Å². The van der Waals surface area contributed by atoms with E-state index in [1.807, 2.05) is 61.5 Å². The van der Waals surface area contributed by atoms with Crippen LogP contribution in [0.1, 0.15) is 50.2 Å². The van der Waals surface area contributed by atoms with E-state index < -0.39 is 5.41 Å². The molecule has 2 aromatic rings. The van der Waals surface area contributed by atoms with Crippen molar-refractivity contribution >= 4 is 11.6 Å². The summed E-state index contributed by atoms with van der Waals surface area (Å²) in [5.41, 5.74) is 3.37. The standard InChI is InChI=1S/C24H24O3/c1-17-21-8-5-9-23(26)24(21,15-14-22(17)25)19-10-12-20(13-11-19)27-16-18-6-3-2-4-7-18/h2-4,6-7,10-13H,5,8-9,14-16H2,1H3/t24-/m1/s1. The van der Waals surface area contributed by atoms with Crippen molar-refractivity contribution in [3.05, 3.63) is 76.9 Å². The van der Waals surface area contributed by atoms with Gasteiger partial charge in [-0.25, -0.2) is 0 Å². The second-order valence-electron chi connectivity index (χ2n) is 7.51. The number of carbonyl (C=O) groups is 2. The zero-order valence-corrected chi connectivity index (χ0v) is 15.7. The molecule has 1 saturated carbocycles. The van der Waals surface area contributed by atoms with E-state index in [9.17, 15) is 9.59 Å². The van der Waals surface area contributed by atoms with Gasteiger partial charge in [0.15, 0.2) is 5.78 Å². The lowest BCUT2D eigenvalue weighted by Crippen LogP contribution is -2.44. The van der Waals surface area contributed by atoms with Crippen molar-refractivity contribution in [1.82, 2.24) is 0 Å². The van der Waals surface area contributed by atoms with Crippen LogP contribution in [-0.4, -0.2) is 11.6 Å². The first kappa shape index (κ1) is 17.7. The zero-order chi connectivity index (χ0) is 18.9. The summed E-state index contributed by atoms with van der Waals surface area (Å²) in [4.78, 5) is 25.2. The van der Waals surface area contributed by atoms with Crippen molar-refractivity contribution in [2.75, 3.05) is 0 Å². The minimum Gasteiger partial charge on any atom is -0.489 e. The third-order valence-electron chi connectivity index (χ3n) is 6.02. The lowest BCUT2D eigenvalue weighted by Gasteiger charge is -2.42. The van der Waals surface area contributed by atoms with Gasteiger partial charge in [-0.15, -0.1) is 0 Å². The van der Waals surface area contributed by atoms with Crippen LogP contribution in [0.2, 0.25) is 0 Å². The molecule has 0 saturated heterocycles. The number of hydrogen-bond donors (Lipinski definition) is 0. The topological polar surface area (TPSA) is 43.4 Å². The highest BCUT2D eigenvalue weighted by atomic mass is 16.5. The molecule has 0 unspecified atom stereocenters. The van der Waals surface area contributed by atoms with Crippen LogP contribution in [0.3, 0.4) is 0 Å². The Balaban J connectivity index is 1.62. The Morgan fingerprint density at radius 1 is 0.926 bits per heavy atom. The lowest BCUT2D eigenvalue weighted by atomic mass is 9.59. The van der Waals surface area contributed by atoms with Crippen LogP contribution in [-0.2, 0) is 21.6 Å². The monoisotopic (exact) mass is 360 g/mol. The Kier molecular flexibility index (Phi) is 4.69. The molecule has 1 atom stereocenters. The molecule has 0 radical (unpaired) electrons. The van der Waals surface area contributed by atoms with Gasteiger partial charge in [0.25, 0.3) is 0 Å². The molecule has 3 heteroatoms. The maximum absolute atomic E-state index is 13.0. The summed E-state index contributed by atoms with van der Waals surface area (Å²) in [5, 5.41) is 0. The molecule has 0 N–H and O–H groups in total. The molecule has 0 aliphatic heterocycles. The van der Waals surface area contributed by atoms with E-state index in [1.165, 1.54) is 0 Å². The number of ether oxygens (including phenoxy) is 1. The lowest BCUT2D eigenvalue weighted by molar-refractivity contribution is -0.126. The van der Waals surface area contributed by atoms with Gasteiger partial charge in [0, 0.05) is 12.8 Å². The Morgan fingerprint density at radius 2 is 1.67 bits per heavy atom. The third-order valence-corrected chi connectivity index (χ3v) is 6.02. The van der Waals surface area contributed by atoms with E-state index in [4.69, 9.17) is 4.74 Å². The summed E-state index contributed by atoms with van der Waals surface area (Å²) in [6, 6.07) is 17.9. The first-order chi connectivity index (χ1) is 13.1. The molecule has 0 aromatic heterocycles. The van der Waals surface area contributed by atoms with E-state index in [0.29, 0.717) is 25.9 Å². The van der Waals surface area contributed by atoms with E-state index in [-0.39, 0.29) is 11.6 Å². The highest BCUT2D eigenvalue weighted by Gasteiger charge is 2.48. The Bertz CT molecular complexity index is 893. The highest BCUT2D eigenvalue weighted by Crippen LogP contribution is 2.49. The van der Waals surface area contributed by atoms with E-state index in [1.54, 1.807) is 0 Å². The van der Waals surface area contributed by atoms with Crippen LogP contribution in [0.25, 0.3) is 0 Å². The molecule has 2 aliphatic rings. The van der Waals surface area contributed by atoms with E-state index in [0.717, 1.165) is 40.9 Å². The van der Waals surface area contributed by atoms with Gasteiger partial charge in [0.2, 0.25) is 0 Å². The zero-order valence-electron chi connectivity index (χ0n) is 15.7. The van der Waals surface area contributed by atoms with Gasteiger partial charge in [0.05, 0.1) is 5.41 Å². The number of carbonyl (C=O) groups excluding carboxylic acids is 2. The highest BCUT2D eigenvalue weighted by molar-refractivity contribution is 6.04. The van der Waals surface area contributed by atoms with Gasteiger partial charge in [-0.2, -0.15) is 0 Å². The van der Waals surface area contributed by atoms with Crippen molar-refractivity contribution in [3.8, 4) is 5.75 Å². The SMILES string of the molecule is CC1=C2CCCC(=O)[C@@]2(c2ccc(OCc3ccccc3)cc2)CCC1=O. The van der Waals surface area contributed by atoms with Crippen molar-refractivity contribution in [2.24, 2.45) is 0 Å². The largest absolute Gasteiger partial charge is 0.489 e. The molecule has 0 amide bonds. The minimum absolute atomic E-state index is 0.193. The molecule has 1 fully saturated rings. The average Bonchev–Trinajstić information content (AvgIpc) is 2.71. The van der Waals surface area contributed by atoms with Gasteiger partial charge in [0.1, 0.15) is 18.1 Å². The summed E-state index contributed by atoms with van der Waals surface area (Å²) in [6.07, 6.45) is 3.33. The Morgan fingerprint density at radius 3 is 2.41 bits per heavy atom. The van der Waals surface area contributed by atoms with Gasteiger partial charge in [-0.3, -0.25) is 9.59 Å². The predicted molar refractivity (Wildman–Crippen MR) is 105 cm³/mol. The summed E-state index contributed by atoms with van der Waals surface area (Å²) in [5.74, 6) is 1.24. The molecule has 138 valence electrons. The number of Topliss-reactive ketones (excluding diaryl/α,β-unsaturated/α-hetero) is 2. The maximum Gasteiger partial charge on any atom is 0.158 e. The summed E-state index contributed by atoms with van der Waals surface area (Å²) in [6.45, 7) is 2.41. The molecule has 0 heterocycles. The normalized spacial score (nSPS) is 22.6. The van der Waals surface area contributed by atoms with Crippen LogP contribution in [0, 0.1) is 0 Å². The van der Waals surface area contributed by atoms with Gasteiger partial charge < -0.3 is 4.74 Å². The molecule has 2 aliphatic carbocycles. The van der Waals surface area contributed by atoms with E-state index >= 15 is 0 Å². The van der Waals surface area contributed by atoms with Crippen LogP contribution in [0.15, 0.2) is 65.7 Å². The maximum atomic E-state index is 13.0. The average molecular weight is 360 g/mol. The quantitative estimate of drug-likeness (QED) is 0.776. The number of benzene rings is 2. The molecule has 0 bridgehead atoms. The second kappa shape index (κ2) is 7.15. The fourth-order valence-corrected chi connectivity index (χ4v) is 4.53. The minimum atomic E-state index is -0.603. The summed E-state index contributed by atoms with van der Waals surface area (Å²) >= 11 is 0.